The Kier molecular flexibility index (Phi) is 5.50. The largest absolute Gasteiger partial charge is 0.480 e. The summed E-state index contributed by atoms with van der Waals surface area (Å²) in [5, 5.41) is 3.23. The van der Waals surface area contributed by atoms with Crippen LogP contribution in [0.25, 0.3) is 0 Å². The van der Waals surface area contributed by atoms with Crippen molar-refractivity contribution in [2.45, 2.75) is 13.5 Å². The molecule has 0 saturated carbocycles. The molecule has 0 amide bonds. The van der Waals surface area contributed by atoms with Crippen molar-refractivity contribution in [2.75, 3.05) is 45.3 Å². The Morgan fingerprint density at radius 1 is 1.20 bits per heavy atom. The third-order valence-electron chi connectivity index (χ3n) is 4.19. The average molecular weight is 362 g/mol. The number of carbonyl (C=O) groups excluding carboxylic acids is 1. The third kappa shape index (κ3) is 4.08. The van der Waals surface area contributed by atoms with Gasteiger partial charge in [0.15, 0.2) is 0 Å². The zero-order chi connectivity index (χ0) is 17.8. The molecule has 0 spiro atoms. The number of hydrogen-bond acceptors (Lipinski definition) is 8. The second kappa shape index (κ2) is 7.79. The zero-order valence-corrected chi connectivity index (χ0v) is 15.5. The number of rotatable bonds is 5. The van der Waals surface area contributed by atoms with Crippen molar-refractivity contribution in [1.82, 2.24) is 14.9 Å². The van der Waals surface area contributed by atoms with Gasteiger partial charge in [0.05, 0.1) is 24.9 Å². The van der Waals surface area contributed by atoms with Crippen molar-refractivity contribution >= 4 is 23.1 Å². The van der Waals surface area contributed by atoms with E-state index in [1.165, 1.54) is 14.2 Å². The maximum Gasteiger partial charge on any atom is 0.343 e. The van der Waals surface area contributed by atoms with Gasteiger partial charge in [-0.1, -0.05) is 0 Å². The number of methoxy groups -OCH3 is 2. The number of ether oxygens (including phenoxy) is 2. The molecule has 0 aliphatic carbocycles. The van der Waals surface area contributed by atoms with E-state index in [0.29, 0.717) is 11.4 Å². The van der Waals surface area contributed by atoms with Gasteiger partial charge in [-0.3, -0.25) is 4.90 Å². The summed E-state index contributed by atoms with van der Waals surface area (Å²) in [6.07, 6.45) is 0. The summed E-state index contributed by atoms with van der Waals surface area (Å²) in [5.74, 6) is 0.664. The number of nitrogens with zero attached hydrogens (tertiary/aromatic N) is 4. The van der Waals surface area contributed by atoms with Gasteiger partial charge < -0.3 is 14.4 Å². The molecule has 1 saturated heterocycles. The summed E-state index contributed by atoms with van der Waals surface area (Å²) in [7, 11) is 2.85. The van der Waals surface area contributed by atoms with Crippen molar-refractivity contribution < 1.29 is 14.3 Å². The minimum absolute atomic E-state index is 0.296. The fourth-order valence-electron chi connectivity index (χ4n) is 2.87. The van der Waals surface area contributed by atoms with Gasteiger partial charge in [-0.25, -0.2) is 9.78 Å². The van der Waals surface area contributed by atoms with Crippen LogP contribution in [0.4, 0.5) is 5.82 Å². The summed E-state index contributed by atoms with van der Waals surface area (Å²) in [4.78, 5) is 25.3. The molecule has 0 atom stereocenters. The van der Waals surface area contributed by atoms with Gasteiger partial charge >= 0.3 is 5.97 Å². The highest BCUT2D eigenvalue weighted by atomic mass is 32.1. The maximum absolute atomic E-state index is 11.7. The van der Waals surface area contributed by atoms with Crippen LogP contribution in [0, 0.1) is 6.92 Å². The molecule has 3 heterocycles. The third-order valence-corrected chi connectivity index (χ3v) is 5.02. The minimum atomic E-state index is -0.445. The number of carbonyl (C=O) groups is 1. The minimum Gasteiger partial charge on any atom is -0.480 e. The number of pyridine rings is 1. The van der Waals surface area contributed by atoms with Crippen LogP contribution >= 0.6 is 11.3 Å². The molecule has 0 bridgehead atoms. The summed E-state index contributed by atoms with van der Waals surface area (Å²) < 4.78 is 10.00. The number of anilines is 1. The van der Waals surface area contributed by atoms with Crippen LogP contribution < -0.4 is 9.64 Å². The van der Waals surface area contributed by atoms with Crippen molar-refractivity contribution in [3.63, 3.8) is 0 Å². The Morgan fingerprint density at radius 3 is 2.56 bits per heavy atom. The van der Waals surface area contributed by atoms with Crippen LogP contribution in [0.1, 0.15) is 21.1 Å². The van der Waals surface area contributed by atoms with Crippen LogP contribution in [-0.2, 0) is 11.3 Å². The smallest absolute Gasteiger partial charge is 0.343 e. The van der Waals surface area contributed by atoms with Gasteiger partial charge in [-0.15, -0.1) is 11.3 Å². The maximum atomic E-state index is 11.7. The first-order valence-corrected chi connectivity index (χ1v) is 9.00. The Hall–Kier alpha value is -2.19. The first-order chi connectivity index (χ1) is 12.1. The quantitative estimate of drug-likeness (QED) is 0.753. The molecule has 1 fully saturated rings. The normalized spacial score (nSPS) is 15.2. The molecule has 2 aromatic rings. The summed E-state index contributed by atoms with van der Waals surface area (Å²) in [5.41, 5.74) is 1.48. The first-order valence-electron chi connectivity index (χ1n) is 8.12. The number of esters is 1. The van der Waals surface area contributed by atoms with Crippen molar-refractivity contribution in [3.05, 3.63) is 33.8 Å². The van der Waals surface area contributed by atoms with E-state index in [1.54, 1.807) is 17.4 Å². The number of thiazole rings is 1. The molecule has 0 radical (unpaired) electrons. The van der Waals surface area contributed by atoms with Gasteiger partial charge in [0.2, 0.25) is 5.88 Å². The number of aryl methyl sites for hydroxylation is 1. The summed E-state index contributed by atoms with van der Waals surface area (Å²) >= 11 is 1.69. The number of piperazine rings is 1. The molecular weight excluding hydrogens is 340 g/mol. The Balaban J connectivity index is 1.63. The molecule has 0 unspecified atom stereocenters. The van der Waals surface area contributed by atoms with E-state index in [2.05, 4.69) is 25.1 Å². The molecule has 7 nitrogen and oxygen atoms in total. The lowest BCUT2D eigenvalue weighted by Gasteiger charge is -2.35. The number of aromatic nitrogens is 2. The predicted molar refractivity (Wildman–Crippen MR) is 96.5 cm³/mol. The summed E-state index contributed by atoms with van der Waals surface area (Å²) in [6, 6.07) is 3.55. The predicted octanol–water partition coefficient (Wildman–Crippen LogP) is 1.96. The SMILES string of the molecule is COC(=O)c1ccc(N2CCN(Cc3csc(C)n3)CC2)nc1OC. The Labute approximate surface area is 151 Å². The zero-order valence-electron chi connectivity index (χ0n) is 14.7. The second-order valence-corrected chi connectivity index (χ2v) is 6.90. The molecule has 25 heavy (non-hydrogen) atoms. The summed E-state index contributed by atoms with van der Waals surface area (Å²) in [6.45, 7) is 6.55. The average Bonchev–Trinajstić information content (AvgIpc) is 3.06. The van der Waals surface area contributed by atoms with Gasteiger partial charge in [0.25, 0.3) is 0 Å². The van der Waals surface area contributed by atoms with E-state index in [-0.39, 0.29) is 0 Å². The monoisotopic (exact) mass is 362 g/mol. The topological polar surface area (TPSA) is 67.8 Å². The van der Waals surface area contributed by atoms with Crippen LogP contribution in [0.15, 0.2) is 17.5 Å². The van der Waals surface area contributed by atoms with E-state index < -0.39 is 5.97 Å². The van der Waals surface area contributed by atoms with Crippen molar-refractivity contribution in [3.8, 4) is 5.88 Å². The molecule has 134 valence electrons. The highest BCUT2D eigenvalue weighted by Crippen LogP contribution is 2.23. The fraction of sp³-hybridized carbons (Fsp3) is 0.471. The van der Waals surface area contributed by atoms with Crippen LogP contribution in [0.3, 0.4) is 0 Å². The molecule has 1 aliphatic rings. The van der Waals surface area contributed by atoms with Gasteiger partial charge in [0, 0.05) is 38.1 Å². The lowest BCUT2D eigenvalue weighted by atomic mass is 10.2. The molecular formula is C17H22N4O3S. The highest BCUT2D eigenvalue weighted by Gasteiger charge is 2.21. The molecule has 1 aliphatic heterocycles. The van der Waals surface area contributed by atoms with Gasteiger partial charge in [-0.2, -0.15) is 4.98 Å². The van der Waals surface area contributed by atoms with E-state index in [9.17, 15) is 4.79 Å². The van der Waals surface area contributed by atoms with Crippen molar-refractivity contribution in [2.24, 2.45) is 0 Å². The van der Waals surface area contributed by atoms with E-state index in [0.717, 1.165) is 49.2 Å². The highest BCUT2D eigenvalue weighted by molar-refractivity contribution is 7.09. The molecule has 0 N–H and O–H groups in total. The van der Waals surface area contributed by atoms with Gasteiger partial charge in [0.1, 0.15) is 11.4 Å². The molecule has 0 aromatic carbocycles. The van der Waals surface area contributed by atoms with E-state index in [4.69, 9.17) is 9.47 Å². The molecule has 3 rings (SSSR count). The van der Waals surface area contributed by atoms with Crippen LogP contribution in [0.2, 0.25) is 0 Å². The van der Waals surface area contributed by atoms with Crippen LogP contribution in [-0.4, -0.2) is 61.2 Å². The molecule has 2 aromatic heterocycles. The van der Waals surface area contributed by atoms with Gasteiger partial charge in [-0.05, 0) is 19.1 Å². The lowest BCUT2D eigenvalue weighted by molar-refractivity contribution is 0.0596. The number of hydrogen-bond donors (Lipinski definition) is 0. The van der Waals surface area contributed by atoms with E-state index >= 15 is 0 Å². The molecule has 8 heteroatoms. The fourth-order valence-corrected chi connectivity index (χ4v) is 3.48. The van der Waals surface area contributed by atoms with Crippen LogP contribution in [0.5, 0.6) is 5.88 Å². The van der Waals surface area contributed by atoms with E-state index in [1.807, 2.05) is 13.0 Å². The van der Waals surface area contributed by atoms with Crippen molar-refractivity contribution in [1.29, 1.82) is 0 Å². The lowest BCUT2D eigenvalue weighted by Crippen LogP contribution is -2.46. The first kappa shape index (κ1) is 17.6. The standard InChI is InChI=1S/C17H22N4O3S/c1-12-18-13(11-25-12)10-20-6-8-21(9-7-20)15-5-4-14(17(22)24-3)16(19-15)23-2/h4-5,11H,6-10H2,1-3H3. The second-order valence-electron chi connectivity index (χ2n) is 5.84. The Morgan fingerprint density at radius 2 is 1.96 bits per heavy atom. The Bertz CT molecular complexity index is 741.